The second kappa shape index (κ2) is 6.08. The van der Waals surface area contributed by atoms with Gasteiger partial charge >= 0.3 is 0 Å². The van der Waals surface area contributed by atoms with Gasteiger partial charge in [-0.3, -0.25) is 0 Å². The molecule has 0 spiro atoms. The summed E-state index contributed by atoms with van der Waals surface area (Å²) in [5.74, 6) is 1.65. The van der Waals surface area contributed by atoms with E-state index >= 15 is 0 Å². The predicted molar refractivity (Wildman–Crippen MR) is 87.2 cm³/mol. The number of hydrogen-bond acceptors (Lipinski definition) is 3. The van der Waals surface area contributed by atoms with Gasteiger partial charge in [-0.2, -0.15) is 0 Å². The Hall–Kier alpha value is -1.52. The minimum atomic E-state index is 0.170. The maximum absolute atomic E-state index is 5.58. The summed E-state index contributed by atoms with van der Waals surface area (Å²) in [6.07, 6.45) is 0.941. The van der Waals surface area contributed by atoms with Crippen LogP contribution in [0.2, 0.25) is 0 Å². The van der Waals surface area contributed by atoms with Crippen molar-refractivity contribution in [2.45, 2.75) is 12.5 Å². The van der Waals surface area contributed by atoms with E-state index in [0.29, 0.717) is 0 Å². The normalized spacial score (nSPS) is 17.2. The molecule has 0 fully saturated rings. The predicted octanol–water partition coefficient (Wildman–Crippen LogP) is 3.70. The highest BCUT2D eigenvalue weighted by atomic mass is 79.9. The quantitative estimate of drug-likeness (QED) is 0.918. The summed E-state index contributed by atoms with van der Waals surface area (Å²) in [6, 6.07) is 12.6. The lowest BCUT2D eigenvalue weighted by Crippen LogP contribution is -2.31. The zero-order valence-corrected chi connectivity index (χ0v) is 13.7. The molecule has 1 atom stereocenters. The van der Waals surface area contributed by atoms with E-state index in [0.717, 1.165) is 28.9 Å². The van der Waals surface area contributed by atoms with Gasteiger partial charge in [0.15, 0.2) is 11.5 Å². The maximum atomic E-state index is 5.58. The second-order valence-electron chi connectivity index (χ2n) is 5.03. The molecule has 1 heterocycles. The minimum Gasteiger partial charge on any atom is -0.493 e. The Morgan fingerprint density at radius 2 is 1.86 bits per heavy atom. The van der Waals surface area contributed by atoms with E-state index in [4.69, 9.17) is 9.47 Å². The molecule has 0 aromatic heterocycles. The number of hydrogen-bond donors (Lipinski definition) is 1. The zero-order valence-electron chi connectivity index (χ0n) is 12.2. The van der Waals surface area contributed by atoms with E-state index in [1.807, 2.05) is 12.1 Å². The van der Waals surface area contributed by atoms with Crippen LogP contribution in [0.5, 0.6) is 11.5 Å². The lowest BCUT2D eigenvalue weighted by molar-refractivity contribution is 0.348. The third kappa shape index (κ3) is 2.54. The van der Waals surface area contributed by atoms with E-state index in [-0.39, 0.29) is 6.04 Å². The van der Waals surface area contributed by atoms with Crippen molar-refractivity contribution in [3.05, 3.63) is 57.6 Å². The molecule has 1 N–H and O–H groups in total. The Bertz CT molecular complexity index is 657. The van der Waals surface area contributed by atoms with Crippen molar-refractivity contribution in [1.82, 2.24) is 5.32 Å². The summed E-state index contributed by atoms with van der Waals surface area (Å²) < 4.78 is 12.1. The van der Waals surface area contributed by atoms with Crippen LogP contribution in [0.25, 0.3) is 0 Å². The molecule has 1 aliphatic heterocycles. The standard InChI is InChI=1S/C17H18BrNO2/c1-20-15-8-7-11-12(17(15)21-2)9-10-19-16(11)13-5-3-4-6-14(13)18/h3-8,16,19H,9-10H2,1-2H3. The SMILES string of the molecule is COc1ccc2c(c1OC)CCNC2c1ccccc1Br. The van der Waals surface area contributed by atoms with Gasteiger partial charge in [-0.15, -0.1) is 0 Å². The molecule has 3 nitrogen and oxygen atoms in total. The molecule has 0 saturated heterocycles. The van der Waals surface area contributed by atoms with Gasteiger partial charge in [-0.25, -0.2) is 0 Å². The van der Waals surface area contributed by atoms with Crippen LogP contribution in [0.3, 0.4) is 0 Å². The highest BCUT2D eigenvalue weighted by Gasteiger charge is 2.26. The van der Waals surface area contributed by atoms with Crippen LogP contribution in [0.4, 0.5) is 0 Å². The molecule has 0 bridgehead atoms. The fraction of sp³-hybridized carbons (Fsp3) is 0.294. The summed E-state index contributed by atoms with van der Waals surface area (Å²) in [4.78, 5) is 0. The monoisotopic (exact) mass is 347 g/mol. The third-order valence-electron chi connectivity index (χ3n) is 3.94. The Morgan fingerprint density at radius 3 is 2.57 bits per heavy atom. The van der Waals surface area contributed by atoms with Crippen molar-refractivity contribution in [2.24, 2.45) is 0 Å². The lowest BCUT2D eigenvalue weighted by Gasteiger charge is -2.29. The van der Waals surface area contributed by atoms with Crippen molar-refractivity contribution in [1.29, 1.82) is 0 Å². The Morgan fingerprint density at radius 1 is 1.05 bits per heavy atom. The van der Waals surface area contributed by atoms with Crippen LogP contribution in [0, 0.1) is 0 Å². The molecule has 1 aliphatic rings. The molecular weight excluding hydrogens is 330 g/mol. The molecule has 0 radical (unpaired) electrons. The van der Waals surface area contributed by atoms with Gasteiger partial charge in [0, 0.05) is 16.6 Å². The number of fused-ring (bicyclic) bond motifs is 1. The number of halogens is 1. The van der Waals surface area contributed by atoms with Crippen LogP contribution in [-0.4, -0.2) is 20.8 Å². The molecule has 3 rings (SSSR count). The van der Waals surface area contributed by atoms with E-state index in [1.54, 1.807) is 14.2 Å². The van der Waals surface area contributed by atoms with Gasteiger partial charge in [0.25, 0.3) is 0 Å². The van der Waals surface area contributed by atoms with E-state index < -0.39 is 0 Å². The molecule has 0 saturated carbocycles. The van der Waals surface area contributed by atoms with Crippen molar-refractivity contribution < 1.29 is 9.47 Å². The van der Waals surface area contributed by atoms with Crippen LogP contribution in [0.15, 0.2) is 40.9 Å². The van der Waals surface area contributed by atoms with Gasteiger partial charge in [0.2, 0.25) is 0 Å². The van der Waals surface area contributed by atoms with Crippen LogP contribution in [-0.2, 0) is 6.42 Å². The molecule has 1 unspecified atom stereocenters. The summed E-state index contributed by atoms with van der Waals surface area (Å²) >= 11 is 3.65. The number of nitrogens with one attached hydrogen (secondary N) is 1. The largest absolute Gasteiger partial charge is 0.493 e. The van der Waals surface area contributed by atoms with Gasteiger partial charge in [0.1, 0.15) is 0 Å². The van der Waals surface area contributed by atoms with E-state index in [2.05, 4.69) is 45.5 Å². The molecule has 0 aliphatic carbocycles. The van der Waals surface area contributed by atoms with Crippen molar-refractivity contribution in [2.75, 3.05) is 20.8 Å². The highest BCUT2D eigenvalue weighted by Crippen LogP contribution is 2.40. The number of rotatable bonds is 3. The van der Waals surface area contributed by atoms with E-state index in [9.17, 15) is 0 Å². The molecule has 2 aromatic rings. The lowest BCUT2D eigenvalue weighted by atomic mass is 9.89. The van der Waals surface area contributed by atoms with Crippen molar-refractivity contribution >= 4 is 15.9 Å². The Labute approximate surface area is 133 Å². The maximum Gasteiger partial charge on any atom is 0.164 e. The zero-order chi connectivity index (χ0) is 14.8. The minimum absolute atomic E-state index is 0.170. The van der Waals surface area contributed by atoms with Crippen molar-refractivity contribution in [3.8, 4) is 11.5 Å². The highest BCUT2D eigenvalue weighted by molar-refractivity contribution is 9.10. The van der Waals surface area contributed by atoms with Crippen LogP contribution < -0.4 is 14.8 Å². The number of benzene rings is 2. The first-order valence-corrected chi connectivity index (χ1v) is 7.77. The third-order valence-corrected chi connectivity index (χ3v) is 4.66. The smallest absolute Gasteiger partial charge is 0.164 e. The van der Waals surface area contributed by atoms with Gasteiger partial charge in [-0.05, 0) is 29.7 Å². The van der Waals surface area contributed by atoms with Gasteiger partial charge in [0.05, 0.1) is 20.3 Å². The number of methoxy groups -OCH3 is 2. The average Bonchev–Trinajstić information content (AvgIpc) is 2.53. The fourth-order valence-electron chi connectivity index (χ4n) is 2.97. The Balaban J connectivity index is 2.13. The molecule has 21 heavy (non-hydrogen) atoms. The second-order valence-corrected chi connectivity index (χ2v) is 5.88. The topological polar surface area (TPSA) is 30.5 Å². The summed E-state index contributed by atoms with van der Waals surface area (Å²) in [5.41, 5.74) is 3.73. The van der Waals surface area contributed by atoms with Gasteiger partial charge in [-0.1, -0.05) is 40.2 Å². The molecule has 0 amide bonds. The van der Waals surface area contributed by atoms with Crippen LogP contribution >= 0.6 is 15.9 Å². The fourth-order valence-corrected chi connectivity index (χ4v) is 3.49. The summed E-state index contributed by atoms with van der Waals surface area (Å²) in [7, 11) is 3.38. The Kier molecular flexibility index (Phi) is 4.17. The van der Waals surface area contributed by atoms with Gasteiger partial charge < -0.3 is 14.8 Å². The number of ether oxygens (including phenoxy) is 2. The summed E-state index contributed by atoms with van der Waals surface area (Å²) in [5, 5.41) is 3.59. The molecule has 4 heteroatoms. The average molecular weight is 348 g/mol. The first-order valence-electron chi connectivity index (χ1n) is 6.97. The molecule has 2 aromatic carbocycles. The van der Waals surface area contributed by atoms with Crippen LogP contribution in [0.1, 0.15) is 22.7 Å². The molecule has 110 valence electrons. The summed E-state index contributed by atoms with van der Waals surface area (Å²) in [6.45, 7) is 0.919. The first kappa shape index (κ1) is 14.4. The first-order chi connectivity index (χ1) is 10.3. The molecular formula is C17H18BrNO2. The van der Waals surface area contributed by atoms with E-state index in [1.165, 1.54) is 16.7 Å². The van der Waals surface area contributed by atoms with Crippen molar-refractivity contribution in [3.63, 3.8) is 0 Å².